The van der Waals surface area contributed by atoms with E-state index in [4.69, 9.17) is 0 Å². The molecule has 3 aliphatic rings. The predicted octanol–water partition coefficient (Wildman–Crippen LogP) is 3.68. The second-order valence-corrected chi connectivity index (χ2v) is 11.5. The van der Waals surface area contributed by atoms with Crippen molar-refractivity contribution in [1.82, 2.24) is 9.80 Å². The van der Waals surface area contributed by atoms with Crippen molar-refractivity contribution in [2.45, 2.75) is 46.6 Å². The normalized spacial score (nSPS) is 28.1. The molecule has 0 spiro atoms. The molecule has 0 fully saturated rings. The maximum Gasteiger partial charge on any atom is 0.256 e. The summed E-state index contributed by atoms with van der Waals surface area (Å²) in [5.74, 6) is -0.305. The number of carbonyl (C=O) groups is 3. The van der Waals surface area contributed by atoms with Crippen LogP contribution in [0.2, 0.25) is 0 Å². The Hall–Kier alpha value is -2.73. The number of likely N-dealkylation sites (N-methyl/N-ethyl adjacent to an activating group) is 2. The van der Waals surface area contributed by atoms with E-state index in [9.17, 15) is 14.4 Å². The molecule has 3 aliphatic carbocycles. The van der Waals surface area contributed by atoms with E-state index in [1.165, 1.54) is 4.90 Å². The van der Waals surface area contributed by atoms with Gasteiger partial charge in [0, 0.05) is 51.1 Å². The number of benzene rings is 1. The van der Waals surface area contributed by atoms with E-state index < -0.39 is 5.41 Å². The van der Waals surface area contributed by atoms with Crippen LogP contribution in [0.4, 0.5) is 5.69 Å². The van der Waals surface area contributed by atoms with Crippen molar-refractivity contribution in [3.8, 4) is 0 Å². The van der Waals surface area contributed by atoms with E-state index in [0.29, 0.717) is 0 Å². The molecule has 0 heterocycles. The molecule has 1 amide bonds. The number of nitrogens with zero attached hydrogens (tertiary/aromatic N) is 3. The molecule has 0 aliphatic heterocycles. The standard InChI is InChI=1S/C29H39N3O3/c1-15-11-12-21(30(5)6)19-13-18-14-20-25(31(7)8)16(2)23(28(35)32(9)10)27(34)29(20,4)17(3)24(18)26(33)22(15)19/h11-12,18,20,25H,13-14H2,1-10H3/t18-,20-,25+,29-/m0/s1. The highest BCUT2D eigenvalue weighted by molar-refractivity contribution is 6.24. The zero-order valence-corrected chi connectivity index (χ0v) is 22.9. The zero-order chi connectivity index (χ0) is 26.1. The van der Waals surface area contributed by atoms with Crippen molar-refractivity contribution in [3.63, 3.8) is 0 Å². The summed E-state index contributed by atoms with van der Waals surface area (Å²) in [6.07, 6.45) is 1.53. The molecule has 6 nitrogen and oxygen atoms in total. The SMILES string of the molecule is CC1=C(C(=O)N(C)C)C(=O)[C@@]2(C)C(C)=C3C(=O)c4c(C)ccc(N(C)C)c4C[C@H]3C[C@H]2[C@@H]1N(C)C. The fraction of sp³-hybridized carbons (Fsp3) is 0.552. The minimum Gasteiger partial charge on any atom is -0.377 e. The van der Waals surface area contributed by atoms with Crippen LogP contribution in [0.3, 0.4) is 0 Å². The topological polar surface area (TPSA) is 60.9 Å². The molecular formula is C29H39N3O3. The van der Waals surface area contributed by atoms with Gasteiger partial charge in [0.1, 0.15) is 0 Å². The van der Waals surface area contributed by atoms with Gasteiger partial charge in [-0.05, 0) is 89.2 Å². The molecule has 0 saturated carbocycles. The summed E-state index contributed by atoms with van der Waals surface area (Å²) in [6, 6.07) is 4.06. The fourth-order valence-electron chi connectivity index (χ4n) is 7.05. The molecule has 0 N–H and O–H groups in total. The number of fused-ring (bicyclic) bond motifs is 3. The Bertz CT molecular complexity index is 1200. The van der Waals surface area contributed by atoms with E-state index >= 15 is 0 Å². The summed E-state index contributed by atoms with van der Waals surface area (Å²) >= 11 is 0. The molecule has 0 saturated heterocycles. The van der Waals surface area contributed by atoms with Crippen molar-refractivity contribution in [3.05, 3.63) is 51.1 Å². The molecule has 4 atom stereocenters. The van der Waals surface area contributed by atoms with Crippen LogP contribution in [-0.2, 0) is 16.0 Å². The van der Waals surface area contributed by atoms with Gasteiger partial charge in [0.05, 0.1) is 11.0 Å². The molecule has 0 unspecified atom stereocenters. The third-order valence-corrected chi connectivity index (χ3v) is 8.87. The summed E-state index contributed by atoms with van der Waals surface area (Å²) in [5, 5.41) is 0. The first-order valence-electron chi connectivity index (χ1n) is 12.4. The Balaban J connectivity index is 1.97. The van der Waals surface area contributed by atoms with Gasteiger partial charge in [-0.2, -0.15) is 0 Å². The van der Waals surface area contributed by atoms with E-state index in [1.807, 2.05) is 62.0 Å². The number of allylic oxidation sites excluding steroid dienone is 2. The molecule has 188 valence electrons. The van der Waals surface area contributed by atoms with Crippen LogP contribution in [0, 0.1) is 24.2 Å². The van der Waals surface area contributed by atoms with Crippen LogP contribution in [0.5, 0.6) is 0 Å². The van der Waals surface area contributed by atoms with Crippen LogP contribution in [0.25, 0.3) is 0 Å². The Morgan fingerprint density at radius 1 is 1.00 bits per heavy atom. The zero-order valence-electron chi connectivity index (χ0n) is 22.9. The summed E-state index contributed by atoms with van der Waals surface area (Å²) < 4.78 is 0. The van der Waals surface area contributed by atoms with Crippen LogP contribution < -0.4 is 4.90 Å². The largest absolute Gasteiger partial charge is 0.377 e. The Morgan fingerprint density at radius 2 is 1.63 bits per heavy atom. The van der Waals surface area contributed by atoms with Gasteiger partial charge >= 0.3 is 0 Å². The van der Waals surface area contributed by atoms with Crippen LogP contribution in [0.15, 0.2) is 34.4 Å². The first kappa shape index (κ1) is 25.4. The summed E-state index contributed by atoms with van der Waals surface area (Å²) in [5.41, 5.74) is 5.81. The van der Waals surface area contributed by atoms with Crippen molar-refractivity contribution in [2.75, 3.05) is 47.2 Å². The highest BCUT2D eigenvalue weighted by Gasteiger charge is 2.58. The number of amides is 1. The smallest absolute Gasteiger partial charge is 0.256 e. The molecular weight excluding hydrogens is 438 g/mol. The Kier molecular flexibility index (Phi) is 6.12. The molecule has 1 aromatic carbocycles. The lowest BCUT2D eigenvalue weighted by Gasteiger charge is -2.54. The highest BCUT2D eigenvalue weighted by Crippen LogP contribution is 2.57. The first-order chi connectivity index (χ1) is 16.2. The van der Waals surface area contributed by atoms with E-state index in [2.05, 4.69) is 15.9 Å². The summed E-state index contributed by atoms with van der Waals surface area (Å²) in [7, 11) is 11.4. The van der Waals surface area contributed by atoms with Gasteiger partial charge in [-0.25, -0.2) is 0 Å². The van der Waals surface area contributed by atoms with Gasteiger partial charge in [-0.3, -0.25) is 14.4 Å². The van der Waals surface area contributed by atoms with E-state index in [0.717, 1.165) is 51.9 Å². The van der Waals surface area contributed by atoms with E-state index in [-0.39, 0.29) is 40.9 Å². The number of ketones is 2. The number of hydrogen-bond acceptors (Lipinski definition) is 5. The molecule has 0 radical (unpaired) electrons. The lowest BCUT2D eigenvalue weighted by Crippen LogP contribution is -2.58. The molecule has 4 rings (SSSR count). The van der Waals surface area contributed by atoms with Gasteiger partial charge in [-0.15, -0.1) is 0 Å². The van der Waals surface area contributed by atoms with Gasteiger partial charge in [-0.1, -0.05) is 11.6 Å². The van der Waals surface area contributed by atoms with Crippen LogP contribution in [0.1, 0.15) is 48.7 Å². The highest BCUT2D eigenvalue weighted by atomic mass is 16.2. The second-order valence-electron chi connectivity index (χ2n) is 11.5. The average molecular weight is 478 g/mol. The molecule has 1 aromatic rings. The van der Waals surface area contributed by atoms with Crippen LogP contribution >= 0.6 is 0 Å². The van der Waals surface area contributed by atoms with Crippen molar-refractivity contribution < 1.29 is 14.4 Å². The molecule has 0 bridgehead atoms. The minimum absolute atomic E-state index is 0.0144. The average Bonchev–Trinajstić information content (AvgIpc) is 2.75. The fourth-order valence-corrected chi connectivity index (χ4v) is 7.05. The quantitative estimate of drug-likeness (QED) is 0.622. The molecule has 35 heavy (non-hydrogen) atoms. The van der Waals surface area contributed by atoms with Gasteiger partial charge in [0.25, 0.3) is 5.91 Å². The monoisotopic (exact) mass is 477 g/mol. The van der Waals surface area contributed by atoms with E-state index in [1.54, 1.807) is 14.1 Å². The number of hydrogen-bond donors (Lipinski definition) is 0. The number of anilines is 1. The third kappa shape index (κ3) is 3.44. The Morgan fingerprint density at radius 3 is 2.17 bits per heavy atom. The number of Topliss-reactive ketones (excluding diaryl/α,β-unsaturated/α-hetero) is 2. The number of rotatable bonds is 3. The summed E-state index contributed by atoms with van der Waals surface area (Å²) in [6.45, 7) is 7.86. The maximum atomic E-state index is 14.2. The second kappa shape index (κ2) is 8.44. The van der Waals surface area contributed by atoms with Crippen LogP contribution in [-0.4, -0.2) is 75.6 Å². The van der Waals surface area contributed by atoms with Gasteiger partial charge in [0.2, 0.25) is 0 Å². The lowest BCUT2D eigenvalue weighted by atomic mass is 9.51. The molecule has 0 aromatic heterocycles. The Labute approximate surface area is 209 Å². The van der Waals surface area contributed by atoms with Gasteiger partial charge in [0.15, 0.2) is 11.6 Å². The van der Waals surface area contributed by atoms with Crippen molar-refractivity contribution in [1.29, 1.82) is 0 Å². The first-order valence-corrected chi connectivity index (χ1v) is 12.4. The van der Waals surface area contributed by atoms with Crippen molar-refractivity contribution >= 4 is 23.2 Å². The third-order valence-electron chi connectivity index (χ3n) is 8.87. The summed E-state index contributed by atoms with van der Waals surface area (Å²) in [4.78, 5) is 47.2. The predicted molar refractivity (Wildman–Crippen MR) is 140 cm³/mol. The number of carbonyl (C=O) groups excluding carboxylic acids is 3. The number of aryl methyl sites for hydroxylation is 1. The maximum absolute atomic E-state index is 14.2. The minimum atomic E-state index is -0.901. The van der Waals surface area contributed by atoms with Gasteiger partial charge < -0.3 is 14.7 Å². The van der Waals surface area contributed by atoms with Crippen molar-refractivity contribution in [2.24, 2.45) is 17.3 Å². The lowest BCUT2D eigenvalue weighted by molar-refractivity contribution is -0.134. The molecule has 6 heteroatoms.